The van der Waals surface area contributed by atoms with E-state index >= 15 is 0 Å². The molecule has 3 rings (SSSR count). The van der Waals surface area contributed by atoms with E-state index in [1.54, 1.807) is 0 Å². The van der Waals surface area contributed by atoms with Crippen LogP contribution in [0.4, 0.5) is 10.8 Å². The van der Waals surface area contributed by atoms with Crippen molar-refractivity contribution in [3.8, 4) is 0 Å². The number of carbonyl (C=O) groups excluding carboxylic acids is 2. The lowest BCUT2D eigenvalue weighted by molar-refractivity contribution is -0.123. The molecule has 1 atom stereocenters. The van der Waals surface area contributed by atoms with Gasteiger partial charge < -0.3 is 10.6 Å². The quantitative estimate of drug-likeness (QED) is 0.914. The number of benzene rings is 1. The number of thiazole rings is 1. The molecule has 0 saturated heterocycles. The summed E-state index contributed by atoms with van der Waals surface area (Å²) in [6.45, 7) is 4.03. The molecule has 114 valence electrons. The standard InChI is InChI=1S/C16H17N3O2S/c1-3-12-9(2)22-16(18-12)19-15(21)11-8-14(20)17-13-7-5-4-6-10(11)13/h4-7,11H,3,8H2,1-2H3,(H,17,20)(H,18,19,21)/t11-/m0/s1. The largest absolute Gasteiger partial charge is 0.326 e. The van der Waals surface area contributed by atoms with Gasteiger partial charge in [0.25, 0.3) is 0 Å². The van der Waals surface area contributed by atoms with Gasteiger partial charge in [-0.15, -0.1) is 11.3 Å². The van der Waals surface area contributed by atoms with Crippen LogP contribution in [0.3, 0.4) is 0 Å². The van der Waals surface area contributed by atoms with Crippen molar-refractivity contribution in [3.63, 3.8) is 0 Å². The molecule has 0 saturated carbocycles. The highest BCUT2D eigenvalue weighted by Crippen LogP contribution is 2.33. The van der Waals surface area contributed by atoms with Crippen molar-refractivity contribution in [1.29, 1.82) is 0 Å². The van der Waals surface area contributed by atoms with Crippen molar-refractivity contribution in [3.05, 3.63) is 40.4 Å². The van der Waals surface area contributed by atoms with E-state index in [1.807, 2.05) is 38.1 Å². The van der Waals surface area contributed by atoms with E-state index in [1.165, 1.54) is 11.3 Å². The number of rotatable bonds is 3. The van der Waals surface area contributed by atoms with Crippen molar-refractivity contribution in [2.24, 2.45) is 0 Å². The zero-order valence-corrected chi connectivity index (χ0v) is 13.3. The third-order valence-electron chi connectivity index (χ3n) is 3.77. The number of hydrogen-bond acceptors (Lipinski definition) is 4. The number of hydrogen-bond donors (Lipinski definition) is 2. The van der Waals surface area contributed by atoms with Crippen molar-refractivity contribution >= 4 is 34.0 Å². The molecule has 22 heavy (non-hydrogen) atoms. The first-order chi connectivity index (χ1) is 10.6. The molecule has 0 bridgehead atoms. The number of nitrogens with one attached hydrogen (secondary N) is 2. The molecule has 0 spiro atoms. The molecule has 5 nitrogen and oxygen atoms in total. The Labute approximate surface area is 132 Å². The van der Waals surface area contributed by atoms with Gasteiger partial charge in [-0.25, -0.2) is 4.98 Å². The number of nitrogens with zero attached hydrogens (tertiary/aromatic N) is 1. The van der Waals surface area contributed by atoms with Crippen LogP contribution in [0.25, 0.3) is 0 Å². The van der Waals surface area contributed by atoms with Gasteiger partial charge in [0.05, 0.1) is 11.6 Å². The van der Waals surface area contributed by atoms with Crippen LogP contribution in [0.1, 0.15) is 35.4 Å². The molecular formula is C16H17N3O2S. The number of amides is 2. The topological polar surface area (TPSA) is 71.1 Å². The summed E-state index contributed by atoms with van der Waals surface area (Å²) in [6, 6.07) is 7.41. The second kappa shape index (κ2) is 5.88. The van der Waals surface area contributed by atoms with Gasteiger partial charge in [0.1, 0.15) is 0 Å². The zero-order chi connectivity index (χ0) is 15.7. The van der Waals surface area contributed by atoms with Crippen molar-refractivity contribution in [1.82, 2.24) is 4.98 Å². The third kappa shape index (κ3) is 2.74. The average Bonchev–Trinajstić information content (AvgIpc) is 2.85. The number of anilines is 2. The Hall–Kier alpha value is -2.21. The van der Waals surface area contributed by atoms with Gasteiger partial charge in [-0.2, -0.15) is 0 Å². The fourth-order valence-electron chi connectivity index (χ4n) is 2.65. The first-order valence-corrected chi connectivity index (χ1v) is 8.06. The first-order valence-electron chi connectivity index (χ1n) is 7.24. The van der Waals surface area contributed by atoms with Crippen LogP contribution >= 0.6 is 11.3 Å². The molecule has 1 aliphatic heterocycles. The summed E-state index contributed by atoms with van der Waals surface area (Å²) in [5, 5.41) is 6.26. The summed E-state index contributed by atoms with van der Waals surface area (Å²) in [6.07, 6.45) is 1.00. The number of aryl methyl sites for hydroxylation is 2. The van der Waals surface area contributed by atoms with E-state index < -0.39 is 5.92 Å². The van der Waals surface area contributed by atoms with Gasteiger partial charge in [0.2, 0.25) is 11.8 Å². The van der Waals surface area contributed by atoms with Crippen LogP contribution in [0.15, 0.2) is 24.3 Å². The number of fused-ring (bicyclic) bond motifs is 1. The van der Waals surface area contributed by atoms with Crippen LogP contribution in [-0.2, 0) is 16.0 Å². The lowest BCUT2D eigenvalue weighted by atomic mass is 9.90. The summed E-state index contributed by atoms with van der Waals surface area (Å²) in [5.74, 6) is -0.790. The second-order valence-electron chi connectivity index (χ2n) is 5.26. The van der Waals surface area contributed by atoms with Crippen LogP contribution < -0.4 is 10.6 Å². The monoisotopic (exact) mass is 315 g/mol. The molecule has 0 unspecified atom stereocenters. The normalized spacial score (nSPS) is 16.8. The van der Waals surface area contributed by atoms with Gasteiger partial charge in [0.15, 0.2) is 5.13 Å². The molecule has 0 fully saturated rings. The fraction of sp³-hybridized carbons (Fsp3) is 0.312. The van der Waals surface area contributed by atoms with Crippen LogP contribution in [0.5, 0.6) is 0 Å². The highest BCUT2D eigenvalue weighted by Gasteiger charge is 2.30. The Morgan fingerprint density at radius 1 is 1.45 bits per heavy atom. The van der Waals surface area contributed by atoms with E-state index in [9.17, 15) is 9.59 Å². The SMILES string of the molecule is CCc1nc(NC(=O)[C@H]2CC(=O)Nc3ccccc32)sc1C. The highest BCUT2D eigenvalue weighted by molar-refractivity contribution is 7.15. The minimum Gasteiger partial charge on any atom is -0.326 e. The zero-order valence-electron chi connectivity index (χ0n) is 12.5. The minimum atomic E-state index is -0.473. The van der Waals surface area contributed by atoms with Gasteiger partial charge in [-0.1, -0.05) is 25.1 Å². The molecule has 1 aromatic carbocycles. The molecule has 6 heteroatoms. The molecular weight excluding hydrogens is 298 g/mol. The maximum absolute atomic E-state index is 12.6. The lowest BCUT2D eigenvalue weighted by Crippen LogP contribution is -2.30. The number of aromatic nitrogens is 1. The Balaban J connectivity index is 1.84. The summed E-state index contributed by atoms with van der Waals surface area (Å²) in [5.41, 5.74) is 2.56. The van der Waals surface area contributed by atoms with E-state index in [4.69, 9.17) is 0 Å². The summed E-state index contributed by atoms with van der Waals surface area (Å²) < 4.78 is 0. The number of para-hydroxylation sites is 1. The van der Waals surface area contributed by atoms with E-state index in [-0.39, 0.29) is 18.2 Å². The van der Waals surface area contributed by atoms with E-state index in [0.29, 0.717) is 10.8 Å². The van der Waals surface area contributed by atoms with Gasteiger partial charge in [-0.05, 0) is 25.0 Å². The Bertz CT molecular complexity index is 739. The molecule has 0 radical (unpaired) electrons. The summed E-state index contributed by atoms with van der Waals surface area (Å²) in [7, 11) is 0. The molecule has 0 aliphatic carbocycles. The predicted octanol–water partition coefficient (Wildman–Crippen LogP) is 3.08. The van der Waals surface area contributed by atoms with E-state index in [0.717, 1.165) is 22.6 Å². The third-order valence-corrected chi connectivity index (χ3v) is 4.70. The summed E-state index contributed by atoms with van der Waals surface area (Å²) in [4.78, 5) is 29.9. The van der Waals surface area contributed by atoms with Gasteiger partial charge >= 0.3 is 0 Å². The van der Waals surface area contributed by atoms with Gasteiger partial charge in [0, 0.05) is 17.0 Å². The lowest BCUT2D eigenvalue weighted by Gasteiger charge is -2.24. The van der Waals surface area contributed by atoms with Crippen LogP contribution in [0, 0.1) is 6.92 Å². The fourth-order valence-corrected chi connectivity index (χ4v) is 3.55. The molecule has 1 aliphatic rings. The van der Waals surface area contributed by atoms with Crippen molar-refractivity contribution < 1.29 is 9.59 Å². The smallest absolute Gasteiger partial charge is 0.234 e. The van der Waals surface area contributed by atoms with Gasteiger partial charge in [-0.3, -0.25) is 9.59 Å². The highest BCUT2D eigenvalue weighted by atomic mass is 32.1. The maximum Gasteiger partial charge on any atom is 0.234 e. The van der Waals surface area contributed by atoms with Crippen molar-refractivity contribution in [2.45, 2.75) is 32.6 Å². The second-order valence-corrected chi connectivity index (χ2v) is 6.46. The van der Waals surface area contributed by atoms with E-state index in [2.05, 4.69) is 15.6 Å². The Morgan fingerprint density at radius 2 is 2.23 bits per heavy atom. The van der Waals surface area contributed by atoms with Crippen molar-refractivity contribution in [2.75, 3.05) is 10.6 Å². The number of carbonyl (C=O) groups is 2. The maximum atomic E-state index is 12.6. The Morgan fingerprint density at radius 3 is 2.95 bits per heavy atom. The molecule has 1 aromatic heterocycles. The summed E-state index contributed by atoms with van der Waals surface area (Å²) >= 11 is 1.47. The Kier molecular flexibility index (Phi) is 3.94. The van der Waals surface area contributed by atoms with Crippen LogP contribution in [-0.4, -0.2) is 16.8 Å². The molecule has 2 N–H and O–H groups in total. The minimum absolute atomic E-state index is 0.136. The molecule has 2 heterocycles. The van der Waals surface area contributed by atoms with Crippen LogP contribution in [0.2, 0.25) is 0 Å². The molecule has 2 aromatic rings. The average molecular weight is 315 g/mol. The predicted molar refractivity (Wildman–Crippen MR) is 87.3 cm³/mol. The first kappa shape index (κ1) is 14.7. The molecule has 2 amide bonds.